The second-order valence-corrected chi connectivity index (χ2v) is 5.44. The number of nitrogens with two attached hydrogens (primary N) is 1. The molecule has 1 aromatic carbocycles. The summed E-state index contributed by atoms with van der Waals surface area (Å²) in [6.45, 7) is 1.26. The molecular formula is C16H24N2O2. The molecule has 1 aromatic rings. The van der Waals surface area contributed by atoms with Crippen LogP contribution in [0.3, 0.4) is 0 Å². The van der Waals surface area contributed by atoms with Gasteiger partial charge in [0.15, 0.2) is 0 Å². The Bertz CT molecular complexity index is 424. The predicted octanol–water partition coefficient (Wildman–Crippen LogP) is 2.33. The molecule has 0 radical (unpaired) electrons. The third-order valence-electron chi connectivity index (χ3n) is 4.13. The van der Waals surface area contributed by atoms with Crippen LogP contribution in [-0.2, 0) is 9.53 Å². The Balaban J connectivity index is 2.08. The summed E-state index contributed by atoms with van der Waals surface area (Å²) in [7, 11) is 1.71. The molecule has 20 heavy (non-hydrogen) atoms. The standard InChI is InChI=1S/C16H24N2O2/c1-20-16(9-5-10-16)13-15(19)18(12-6-11-17)14-7-3-2-4-8-14/h2-4,7-8H,5-6,9-13,17H2,1H3. The molecule has 1 fully saturated rings. The quantitative estimate of drug-likeness (QED) is 0.831. The van der Waals surface area contributed by atoms with Crippen LogP contribution in [0.1, 0.15) is 32.1 Å². The van der Waals surface area contributed by atoms with E-state index in [4.69, 9.17) is 10.5 Å². The number of para-hydroxylation sites is 1. The van der Waals surface area contributed by atoms with Crippen LogP contribution in [-0.4, -0.2) is 31.7 Å². The maximum atomic E-state index is 12.6. The first kappa shape index (κ1) is 15.0. The molecule has 0 saturated heterocycles. The van der Waals surface area contributed by atoms with E-state index in [2.05, 4.69) is 0 Å². The molecule has 4 heteroatoms. The fourth-order valence-electron chi connectivity index (χ4n) is 2.65. The molecule has 0 atom stereocenters. The summed E-state index contributed by atoms with van der Waals surface area (Å²) in [5, 5.41) is 0. The number of ether oxygens (including phenoxy) is 1. The molecule has 1 aliphatic carbocycles. The van der Waals surface area contributed by atoms with Gasteiger partial charge < -0.3 is 15.4 Å². The molecule has 0 spiro atoms. The first-order valence-electron chi connectivity index (χ1n) is 7.31. The Morgan fingerprint density at radius 1 is 1.35 bits per heavy atom. The van der Waals surface area contributed by atoms with Gasteiger partial charge >= 0.3 is 0 Å². The van der Waals surface area contributed by atoms with Crippen LogP contribution in [0.4, 0.5) is 5.69 Å². The Kier molecular flexibility index (Phi) is 5.15. The normalized spacial score (nSPS) is 16.5. The third-order valence-corrected chi connectivity index (χ3v) is 4.13. The molecule has 0 aliphatic heterocycles. The summed E-state index contributed by atoms with van der Waals surface area (Å²) in [6.07, 6.45) is 4.38. The Morgan fingerprint density at radius 2 is 2.05 bits per heavy atom. The van der Waals surface area contributed by atoms with E-state index in [0.717, 1.165) is 31.4 Å². The lowest BCUT2D eigenvalue weighted by atomic mass is 9.77. The minimum absolute atomic E-state index is 0.131. The molecule has 2 N–H and O–H groups in total. The van der Waals surface area contributed by atoms with Crippen molar-refractivity contribution in [3.8, 4) is 0 Å². The molecule has 1 amide bonds. The zero-order chi connectivity index (χ0) is 14.4. The summed E-state index contributed by atoms with van der Waals surface area (Å²) < 4.78 is 5.56. The fraction of sp³-hybridized carbons (Fsp3) is 0.562. The van der Waals surface area contributed by atoms with Gasteiger partial charge in [0.1, 0.15) is 0 Å². The van der Waals surface area contributed by atoms with Gasteiger partial charge in [0.25, 0.3) is 0 Å². The third kappa shape index (κ3) is 3.38. The van der Waals surface area contributed by atoms with Crippen molar-refractivity contribution >= 4 is 11.6 Å². The molecule has 0 heterocycles. The maximum Gasteiger partial charge on any atom is 0.229 e. The van der Waals surface area contributed by atoms with Gasteiger partial charge in [-0.05, 0) is 44.4 Å². The van der Waals surface area contributed by atoms with Gasteiger partial charge in [-0.3, -0.25) is 4.79 Å². The fourth-order valence-corrected chi connectivity index (χ4v) is 2.65. The highest BCUT2D eigenvalue weighted by atomic mass is 16.5. The largest absolute Gasteiger partial charge is 0.378 e. The van der Waals surface area contributed by atoms with Crippen molar-refractivity contribution < 1.29 is 9.53 Å². The topological polar surface area (TPSA) is 55.6 Å². The smallest absolute Gasteiger partial charge is 0.229 e. The monoisotopic (exact) mass is 276 g/mol. The van der Waals surface area contributed by atoms with E-state index in [-0.39, 0.29) is 11.5 Å². The second-order valence-electron chi connectivity index (χ2n) is 5.44. The molecular weight excluding hydrogens is 252 g/mol. The lowest BCUT2D eigenvalue weighted by Crippen LogP contribution is -2.45. The van der Waals surface area contributed by atoms with E-state index in [1.807, 2.05) is 35.2 Å². The van der Waals surface area contributed by atoms with Gasteiger partial charge in [-0.15, -0.1) is 0 Å². The molecule has 1 saturated carbocycles. The number of hydrogen-bond donors (Lipinski definition) is 1. The van der Waals surface area contributed by atoms with E-state index in [9.17, 15) is 4.79 Å². The number of anilines is 1. The lowest BCUT2D eigenvalue weighted by molar-refractivity contribution is -0.131. The minimum atomic E-state index is -0.229. The average molecular weight is 276 g/mol. The van der Waals surface area contributed by atoms with Crippen LogP contribution < -0.4 is 10.6 Å². The van der Waals surface area contributed by atoms with Crippen LogP contribution in [0, 0.1) is 0 Å². The first-order chi connectivity index (χ1) is 9.71. The minimum Gasteiger partial charge on any atom is -0.378 e. The molecule has 110 valence electrons. The van der Waals surface area contributed by atoms with Crippen molar-refractivity contribution in [3.63, 3.8) is 0 Å². The SMILES string of the molecule is COC1(CC(=O)N(CCCN)c2ccccc2)CCC1. The Labute approximate surface area is 120 Å². The van der Waals surface area contributed by atoms with Gasteiger partial charge in [0.05, 0.1) is 12.0 Å². The number of hydrogen-bond acceptors (Lipinski definition) is 3. The number of amides is 1. The Morgan fingerprint density at radius 3 is 2.55 bits per heavy atom. The van der Waals surface area contributed by atoms with Gasteiger partial charge in [0, 0.05) is 19.3 Å². The van der Waals surface area contributed by atoms with Gasteiger partial charge in [0.2, 0.25) is 5.91 Å². The van der Waals surface area contributed by atoms with E-state index >= 15 is 0 Å². The second kappa shape index (κ2) is 6.86. The van der Waals surface area contributed by atoms with Crippen LogP contribution in [0.2, 0.25) is 0 Å². The number of carbonyl (C=O) groups is 1. The maximum absolute atomic E-state index is 12.6. The van der Waals surface area contributed by atoms with Gasteiger partial charge in [-0.25, -0.2) is 0 Å². The Hall–Kier alpha value is -1.39. The van der Waals surface area contributed by atoms with Crippen molar-refractivity contribution in [2.45, 2.75) is 37.7 Å². The zero-order valence-electron chi connectivity index (χ0n) is 12.2. The van der Waals surface area contributed by atoms with Gasteiger partial charge in [-0.1, -0.05) is 18.2 Å². The van der Waals surface area contributed by atoms with Crippen molar-refractivity contribution in [2.75, 3.05) is 25.1 Å². The van der Waals surface area contributed by atoms with Crippen molar-refractivity contribution in [1.29, 1.82) is 0 Å². The first-order valence-corrected chi connectivity index (χ1v) is 7.31. The summed E-state index contributed by atoms with van der Waals surface area (Å²) in [4.78, 5) is 14.5. The highest BCUT2D eigenvalue weighted by Crippen LogP contribution is 2.38. The lowest BCUT2D eigenvalue weighted by Gasteiger charge is -2.41. The molecule has 0 aromatic heterocycles. The van der Waals surface area contributed by atoms with Crippen LogP contribution >= 0.6 is 0 Å². The summed E-state index contributed by atoms with van der Waals surface area (Å²) >= 11 is 0. The van der Waals surface area contributed by atoms with Crippen molar-refractivity contribution in [1.82, 2.24) is 0 Å². The number of methoxy groups -OCH3 is 1. The van der Waals surface area contributed by atoms with Gasteiger partial charge in [-0.2, -0.15) is 0 Å². The average Bonchev–Trinajstić information content (AvgIpc) is 2.44. The molecule has 2 rings (SSSR count). The van der Waals surface area contributed by atoms with E-state index < -0.39 is 0 Å². The number of nitrogens with zero attached hydrogens (tertiary/aromatic N) is 1. The highest BCUT2D eigenvalue weighted by Gasteiger charge is 2.40. The summed E-state index contributed by atoms with van der Waals surface area (Å²) in [5.41, 5.74) is 6.30. The number of carbonyl (C=O) groups excluding carboxylic acids is 1. The van der Waals surface area contributed by atoms with Crippen LogP contribution in [0.25, 0.3) is 0 Å². The molecule has 0 bridgehead atoms. The van der Waals surface area contributed by atoms with Crippen LogP contribution in [0.5, 0.6) is 0 Å². The van der Waals surface area contributed by atoms with Crippen LogP contribution in [0.15, 0.2) is 30.3 Å². The molecule has 1 aliphatic rings. The highest BCUT2D eigenvalue weighted by molar-refractivity contribution is 5.94. The zero-order valence-corrected chi connectivity index (χ0v) is 12.2. The molecule has 4 nitrogen and oxygen atoms in total. The number of rotatable bonds is 7. The molecule has 0 unspecified atom stereocenters. The van der Waals surface area contributed by atoms with Crippen molar-refractivity contribution in [3.05, 3.63) is 30.3 Å². The van der Waals surface area contributed by atoms with Crippen molar-refractivity contribution in [2.24, 2.45) is 5.73 Å². The van der Waals surface area contributed by atoms with E-state index in [1.165, 1.54) is 0 Å². The van der Waals surface area contributed by atoms with E-state index in [1.54, 1.807) is 7.11 Å². The number of benzene rings is 1. The van der Waals surface area contributed by atoms with E-state index in [0.29, 0.717) is 19.5 Å². The summed E-state index contributed by atoms with van der Waals surface area (Å²) in [5.74, 6) is 0.131. The summed E-state index contributed by atoms with van der Waals surface area (Å²) in [6, 6.07) is 9.79. The predicted molar refractivity (Wildman–Crippen MR) is 80.7 cm³/mol.